The normalized spacial score (nSPS) is 12.2. The molecule has 3 rings (SSSR count). The van der Waals surface area contributed by atoms with Crippen molar-refractivity contribution in [2.75, 3.05) is 0 Å². The van der Waals surface area contributed by atoms with Crippen LogP contribution in [0.2, 0.25) is 0 Å². The summed E-state index contributed by atoms with van der Waals surface area (Å²) in [6.45, 7) is 2.27. The Balaban J connectivity index is 0.00000208. The fourth-order valence-corrected chi connectivity index (χ4v) is 9.66. The molecule has 0 aliphatic heterocycles. The molecular formula is C21H21Br2P. The highest BCUT2D eigenvalue weighted by molar-refractivity contribution is 9.11. The molecule has 0 amide bonds. The Kier molecular flexibility index (Phi) is 7.22. The number of hydrogen-bond acceptors (Lipinski definition) is 0. The third-order valence-corrected chi connectivity index (χ3v) is 11.3. The van der Waals surface area contributed by atoms with E-state index in [1.807, 2.05) is 0 Å². The molecule has 0 N–H and O–H groups in total. The fraction of sp³-hybridized carbons (Fsp3) is 0.143. The topological polar surface area (TPSA) is 0 Å². The summed E-state index contributed by atoms with van der Waals surface area (Å²) in [6.07, 6.45) is 1.09. The predicted molar refractivity (Wildman–Crippen MR) is 108 cm³/mol. The van der Waals surface area contributed by atoms with E-state index in [2.05, 4.69) is 114 Å². The Hall–Kier alpha value is -0.950. The molecule has 0 nitrogen and oxygen atoms in total. The van der Waals surface area contributed by atoms with Crippen molar-refractivity contribution in [2.45, 2.75) is 17.9 Å². The standard InChI is InChI=1S/C21H21BrP.BrH/c1-2-21(22)23(18-12-6-3-7-13-18,19-14-8-4-9-15-19)20-16-10-5-11-17-20;/h3-17,21H,2H2,1H3;1H/q+1;/p-1. The van der Waals surface area contributed by atoms with Crippen LogP contribution in [-0.4, -0.2) is 4.57 Å². The molecule has 124 valence electrons. The summed E-state index contributed by atoms with van der Waals surface area (Å²) in [5.41, 5.74) is 0. The molecule has 0 aliphatic carbocycles. The van der Waals surface area contributed by atoms with E-state index in [0.29, 0.717) is 4.57 Å². The van der Waals surface area contributed by atoms with Gasteiger partial charge in [-0.15, -0.1) is 0 Å². The van der Waals surface area contributed by atoms with Gasteiger partial charge in [0, 0.05) is 0 Å². The number of alkyl halides is 1. The zero-order valence-electron chi connectivity index (χ0n) is 13.6. The van der Waals surface area contributed by atoms with Gasteiger partial charge >= 0.3 is 0 Å². The van der Waals surface area contributed by atoms with Crippen molar-refractivity contribution in [3.05, 3.63) is 91.0 Å². The van der Waals surface area contributed by atoms with E-state index in [0.717, 1.165) is 6.42 Å². The second-order valence-electron chi connectivity index (χ2n) is 5.57. The van der Waals surface area contributed by atoms with Crippen molar-refractivity contribution < 1.29 is 17.0 Å². The maximum atomic E-state index is 4.06. The van der Waals surface area contributed by atoms with Crippen LogP contribution >= 0.6 is 23.2 Å². The van der Waals surface area contributed by atoms with Crippen molar-refractivity contribution in [3.63, 3.8) is 0 Å². The van der Waals surface area contributed by atoms with E-state index < -0.39 is 7.26 Å². The van der Waals surface area contributed by atoms with E-state index in [1.54, 1.807) is 0 Å². The maximum absolute atomic E-state index is 4.06. The molecule has 0 saturated carbocycles. The van der Waals surface area contributed by atoms with Gasteiger partial charge < -0.3 is 17.0 Å². The molecule has 0 aromatic heterocycles. The molecule has 3 heteroatoms. The highest BCUT2D eigenvalue weighted by Crippen LogP contribution is 2.62. The van der Waals surface area contributed by atoms with Crippen LogP contribution in [0.5, 0.6) is 0 Å². The second-order valence-corrected chi connectivity index (χ2v) is 11.0. The van der Waals surface area contributed by atoms with Gasteiger partial charge in [0.1, 0.15) is 27.7 Å². The number of hydrogen-bond donors (Lipinski definition) is 0. The molecule has 0 saturated heterocycles. The SMILES string of the molecule is CCC(Br)[P+](c1ccccc1)(c1ccccc1)c1ccccc1.[Br-]. The molecule has 0 heterocycles. The minimum atomic E-state index is -1.73. The molecule has 0 fully saturated rings. The summed E-state index contributed by atoms with van der Waals surface area (Å²) in [7, 11) is -1.73. The van der Waals surface area contributed by atoms with Gasteiger partial charge in [0.25, 0.3) is 0 Å². The highest BCUT2D eigenvalue weighted by Gasteiger charge is 2.50. The molecule has 3 aromatic carbocycles. The Morgan fingerprint density at radius 2 is 0.958 bits per heavy atom. The van der Waals surface area contributed by atoms with Crippen molar-refractivity contribution in [3.8, 4) is 0 Å². The van der Waals surface area contributed by atoms with Gasteiger partial charge in [-0.25, -0.2) is 0 Å². The predicted octanol–water partition coefficient (Wildman–Crippen LogP) is 2.12. The lowest BCUT2D eigenvalue weighted by Gasteiger charge is -2.31. The first-order chi connectivity index (χ1) is 11.3. The van der Waals surface area contributed by atoms with E-state index in [9.17, 15) is 0 Å². The van der Waals surface area contributed by atoms with Crippen LogP contribution < -0.4 is 32.9 Å². The third-order valence-electron chi connectivity index (χ3n) is 4.25. The zero-order valence-corrected chi connectivity index (χ0v) is 17.7. The number of rotatable bonds is 5. The van der Waals surface area contributed by atoms with Gasteiger partial charge in [0.15, 0.2) is 0 Å². The lowest BCUT2D eigenvalue weighted by atomic mass is 10.4. The Morgan fingerprint density at radius 3 is 1.21 bits per heavy atom. The van der Waals surface area contributed by atoms with Gasteiger partial charge in [-0.1, -0.05) is 61.5 Å². The molecule has 3 aromatic rings. The van der Waals surface area contributed by atoms with Crippen LogP contribution in [0.3, 0.4) is 0 Å². The van der Waals surface area contributed by atoms with Crippen LogP contribution in [-0.2, 0) is 0 Å². The van der Waals surface area contributed by atoms with Crippen molar-refractivity contribution in [1.29, 1.82) is 0 Å². The highest BCUT2D eigenvalue weighted by atomic mass is 79.9. The second kappa shape index (κ2) is 8.94. The smallest absolute Gasteiger partial charge is 0.137 e. The Morgan fingerprint density at radius 1 is 0.667 bits per heavy atom. The summed E-state index contributed by atoms with van der Waals surface area (Å²) >= 11 is 4.06. The minimum absolute atomic E-state index is 0. The zero-order chi connectivity index (χ0) is 16.1. The number of halogens is 2. The van der Waals surface area contributed by atoms with Gasteiger partial charge in [-0.3, -0.25) is 0 Å². The third kappa shape index (κ3) is 3.52. The quantitative estimate of drug-likeness (QED) is 0.401. The van der Waals surface area contributed by atoms with E-state index >= 15 is 0 Å². The molecule has 0 radical (unpaired) electrons. The van der Waals surface area contributed by atoms with Gasteiger partial charge in [-0.2, -0.15) is 0 Å². The summed E-state index contributed by atoms with van der Waals surface area (Å²) < 4.78 is 0.419. The van der Waals surface area contributed by atoms with Crippen molar-refractivity contribution >= 4 is 39.1 Å². The summed E-state index contributed by atoms with van der Waals surface area (Å²) in [6, 6.07) is 33.0. The number of benzene rings is 3. The first kappa shape index (κ1) is 19.4. The minimum Gasteiger partial charge on any atom is -1.00 e. The summed E-state index contributed by atoms with van der Waals surface area (Å²) in [5, 5.41) is 4.29. The summed E-state index contributed by atoms with van der Waals surface area (Å²) in [4.78, 5) is 0. The molecule has 0 aliphatic rings. The van der Waals surface area contributed by atoms with Gasteiger partial charge in [0.2, 0.25) is 0 Å². The van der Waals surface area contributed by atoms with Gasteiger partial charge in [0.05, 0.1) is 0 Å². The lowest BCUT2D eigenvalue weighted by Crippen LogP contribution is -3.00. The Labute approximate surface area is 164 Å². The van der Waals surface area contributed by atoms with E-state index in [1.165, 1.54) is 15.9 Å². The van der Waals surface area contributed by atoms with E-state index in [-0.39, 0.29) is 17.0 Å². The lowest BCUT2D eigenvalue weighted by molar-refractivity contribution is -0.00000439. The average Bonchev–Trinajstić information content (AvgIpc) is 2.65. The fourth-order valence-electron chi connectivity index (χ4n) is 3.20. The average molecular weight is 464 g/mol. The first-order valence-electron chi connectivity index (χ1n) is 7.99. The first-order valence-corrected chi connectivity index (χ1v) is 10.8. The molecule has 0 spiro atoms. The van der Waals surface area contributed by atoms with Crippen LogP contribution in [0, 0.1) is 0 Å². The van der Waals surface area contributed by atoms with E-state index in [4.69, 9.17) is 0 Å². The molecule has 24 heavy (non-hydrogen) atoms. The molecule has 1 unspecified atom stereocenters. The van der Waals surface area contributed by atoms with Crippen LogP contribution in [0.15, 0.2) is 91.0 Å². The van der Waals surface area contributed by atoms with Crippen molar-refractivity contribution in [1.82, 2.24) is 0 Å². The van der Waals surface area contributed by atoms with Crippen LogP contribution in [0.25, 0.3) is 0 Å². The van der Waals surface area contributed by atoms with Crippen LogP contribution in [0.1, 0.15) is 13.3 Å². The van der Waals surface area contributed by atoms with Crippen molar-refractivity contribution in [2.24, 2.45) is 0 Å². The van der Waals surface area contributed by atoms with Gasteiger partial charge in [-0.05, 0) is 58.7 Å². The maximum Gasteiger partial charge on any atom is 0.137 e. The molecular weight excluding hydrogens is 443 g/mol. The molecule has 0 bridgehead atoms. The molecule has 1 atom stereocenters. The van der Waals surface area contributed by atoms with Crippen LogP contribution in [0.4, 0.5) is 0 Å². The largest absolute Gasteiger partial charge is 1.00 e. The summed E-state index contributed by atoms with van der Waals surface area (Å²) in [5.74, 6) is 0. The monoisotopic (exact) mass is 462 g/mol. The Bertz CT molecular complexity index is 633.